The fourth-order valence-electron chi connectivity index (χ4n) is 2.18. The number of piperazine rings is 1. The number of carbonyl (C=O) groups excluding carboxylic acids is 2. The van der Waals surface area contributed by atoms with Crippen molar-refractivity contribution in [3.63, 3.8) is 0 Å². The highest BCUT2D eigenvalue weighted by Crippen LogP contribution is 2.12. The molecule has 0 aliphatic carbocycles. The van der Waals surface area contributed by atoms with Gasteiger partial charge in [0.1, 0.15) is 6.04 Å². The SMILES string of the molecule is C=CCN(CCC)C(=O)N1CCNC(=O)C1CC(=O)O. The maximum Gasteiger partial charge on any atom is 0.321 e. The van der Waals surface area contributed by atoms with E-state index in [1.165, 1.54) is 4.90 Å². The molecular weight excluding hydrogens is 262 g/mol. The van der Waals surface area contributed by atoms with E-state index in [-0.39, 0.29) is 12.5 Å². The predicted octanol–water partition coefficient (Wildman–Crippen LogP) is 0.280. The summed E-state index contributed by atoms with van der Waals surface area (Å²) in [7, 11) is 0. The second kappa shape index (κ2) is 7.52. The number of aliphatic carboxylic acids is 1. The van der Waals surface area contributed by atoms with Gasteiger partial charge in [0, 0.05) is 26.2 Å². The third-order valence-electron chi connectivity index (χ3n) is 3.06. The van der Waals surface area contributed by atoms with Gasteiger partial charge in [0.15, 0.2) is 0 Å². The molecule has 20 heavy (non-hydrogen) atoms. The second-order valence-corrected chi connectivity index (χ2v) is 4.62. The Balaban J connectivity index is 2.87. The number of rotatable bonds is 6. The zero-order valence-corrected chi connectivity index (χ0v) is 11.7. The maximum absolute atomic E-state index is 12.4. The van der Waals surface area contributed by atoms with Crippen LogP contribution in [0.25, 0.3) is 0 Å². The lowest BCUT2D eigenvalue weighted by Gasteiger charge is -2.37. The Kier molecular flexibility index (Phi) is 6.02. The maximum atomic E-state index is 12.4. The van der Waals surface area contributed by atoms with Crippen molar-refractivity contribution in [1.29, 1.82) is 0 Å². The van der Waals surface area contributed by atoms with Crippen LogP contribution in [0.3, 0.4) is 0 Å². The summed E-state index contributed by atoms with van der Waals surface area (Å²) in [6.45, 7) is 7.14. The average molecular weight is 283 g/mol. The number of carboxylic acids is 1. The van der Waals surface area contributed by atoms with E-state index in [1.54, 1.807) is 11.0 Å². The van der Waals surface area contributed by atoms with Gasteiger partial charge in [-0.05, 0) is 6.42 Å². The number of amides is 3. The second-order valence-electron chi connectivity index (χ2n) is 4.62. The van der Waals surface area contributed by atoms with Crippen molar-refractivity contribution >= 4 is 17.9 Å². The summed E-state index contributed by atoms with van der Waals surface area (Å²) in [5.41, 5.74) is 0. The van der Waals surface area contributed by atoms with Crippen LogP contribution in [0, 0.1) is 0 Å². The lowest BCUT2D eigenvalue weighted by molar-refractivity contribution is -0.142. The Morgan fingerprint density at radius 3 is 2.85 bits per heavy atom. The van der Waals surface area contributed by atoms with E-state index in [0.717, 1.165) is 6.42 Å². The molecule has 0 saturated carbocycles. The minimum atomic E-state index is -1.10. The van der Waals surface area contributed by atoms with E-state index in [1.807, 2.05) is 6.92 Å². The van der Waals surface area contributed by atoms with Crippen LogP contribution in [0.15, 0.2) is 12.7 Å². The molecule has 7 nitrogen and oxygen atoms in total. The summed E-state index contributed by atoms with van der Waals surface area (Å²) in [5, 5.41) is 11.5. The number of nitrogens with zero attached hydrogens (tertiary/aromatic N) is 2. The molecule has 1 unspecified atom stereocenters. The van der Waals surface area contributed by atoms with Crippen LogP contribution in [0.5, 0.6) is 0 Å². The molecule has 0 aromatic rings. The van der Waals surface area contributed by atoms with Crippen LogP contribution in [0.4, 0.5) is 4.79 Å². The highest BCUT2D eigenvalue weighted by Gasteiger charge is 2.36. The lowest BCUT2D eigenvalue weighted by atomic mass is 10.1. The fourth-order valence-corrected chi connectivity index (χ4v) is 2.18. The number of carboxylic acid groups (broad SMARTS) is 1. The summed E-state index contributed by atoms with van der Waals surface area (Å²) in [4.78, 5) is 38.0. The molecule has 0 radical (unpaired) electrons. The molecule has 1 atom stereocenters. The highest BCUT2D eigenvalue weighted by molar-refractivity contribution is 5.91. The summed E-state index contributed by atoms with van der Waals surface area (Å²) in [6, 6.07) is -1.26. The first kappa shape index (κ1) is 16.0. The summed E-state index contributed by atoms with van der Waals surface area (Å²) in [5.74, 6) is -1.52. The smallest absolute Gasteiger partial charge is 0.321 e. The van der Waals surface area contributed by atoms with Gasteiger partial charge in [-0.15, -0.1) is 6.58 Å². The molecule has 0 aromatic carbocycles. The van der Waals surface area contributed by atoms with E-state index in [2.05, 4.69) is 11.9 Å². The van der Waals surface area contributed by atoms with Crippen molar-refractivity contribution in [2.24, 2.45) is 0 Å². The Hall–Kier alpha value is -2.05. The van der Waals surface area contributed by atoms with Gasteiger partial charge in [-0.25, -0.2) is 4.79 Å². The summed E-state index contributed by atoms with van der Waals surface area (Å²) >= 11 is 0. The third kappa shape index (κ3) is 3.97. The first-order valence-electron chi connectivity index (χ1n) is 6.67. The normalized spacial score (nSPS) is 18.4. The average Bonchev–Trinajstić information content (AvgIpc) is 2.39. The first-order valence-corrected chi connectivity index (χ1v) is 6.67. The van der Waals surface area contributed by atoms with Gasteiger partial charge in [0.2, 0.25) is 5.91 Å². The fraction of sp³-hybridized carbons (Fsp3) is 0.615. The van der Waals surface area contributed by atoms with E-state index in [4.69, 9.17) is 5.11 Å². The van der Waals surface area contributed by atoms with Crippen molar-refractivity contribution < 1.29 is 19.5 Å². The number of carbonyl (C=O) groups is 3. The molecule has 1 heterocycles. The zero-order chi connectivity index (χ0) is 15.1. The van der Waals surface area contributed by atoms with E-state index in [9.17, 15) is 14.4 Å². The molecule has 3 amide bonds. The quantitative estimate of drug-likeness (QED) is 0.685. The van der Waals surface area contributed by atoms with Gasteiger partial charge in [0.25, 0.3) is 0 Å². The van der Waals surface area contributed by atoms with Crippen molar-refractivity contribution in [2.75, 3.05) is 26.2 Å². The number of nitrogens with one attached hydrogen (secondary N) is 1. The molecule has 112 valence electrons. The van der Waals surface area contributed by atoms with Gasteiger partial charge < -0.3 is 20.2 Å². The van der Waals surface area contributed by atoms with Crippen LogP contribution in [-0.4, -0.2) is 65.0 Å². The first-order chi connectivity index (χ1) is 9.51. The molecule has 1 rings (SSSR count). The number of hydrogen-bond acceptors (Lipinski definition) is 3. The van der Waals surface area contributed by atoms with E-state index < -0.39 is 17.9 Å². The van der Waals surface area contributed by atoms with Crippen LogP contribution in [-0.2, 0) is 9.59 Å². The number of urea groups is 1. The Labute approximate surface area is 118 Å². The molecule has 0 aromatic heterocycles. The molecule has 0 spiro atoms. The third-order valence-corrected chi connectivity index (χ3v) is 3.06. The Morgan fingerprint density at radius 2 is 2.30 bits per heavy atom. The van der Waals surface area contributed by atoms with Crippen molar-refractivity contribution in [2.45, 2.75) is 25.8 Å². The highest BCUT2D eigenvalue weighted by atomic mass is 16.4. The van der Waals surface area contributed by atoms with Crippen molar-refractivity contribution in [1.82, 2.24) is 15.1 Å². The largest absolute Gasteiger partial charge is 0.481 e. The Morgan fingerprint density at radius 1 is 1.60 bits per heavy atom. The van der Waals surface area contributed by atoms with Gasteiger partial charge >= 0.3 is 12.0 Å². The van der Waals surface area contributed by atoms with Gasteiger partial charge in [0.05, 0.1) is 6.42 Å². The van der Waals surface area contributed by atoms with E-state index >= 15 is 0 Å². The summed E-state index contributed by atoms with van der Waals surface area (Å²) in [6.07, 6.45) is 2.01. The molecule has 1 aliphatic heterocycles. The number of hydrogen-bond donors (Lipinski definition) is 2. The topological polar surface area (TPSA) is 90.0 Å². The van der Waals surface area contributed by atoms with Gasteiger partial charge in [-0.1, -0.05) is 13.0 Å². The van der Waals surface area contributed by atoms with Gasteiger partial charge in [-0.2, -0.15) is 0 Å². The van der Waals surface area contributed by atoms with Crippen molar-refractivity contribution in [3.05, 3.63) is 12.7 Å². The molecule has 1 saturated heterocycles. The minimum Gasteiger partial charge on any atom is -0.481 e. The molecule has 2 N–H and O–H groups in total. The molecule has 1 fully saturated rings. The lowest BCUT2D eigenvalue weighted by Crippen LogP contribution is -2.60. The monoisotopic (exact) mass is 283 g/mol. The molecular formula is C13H21N3O4. The van der Waals surface area contributed by atoms with Crippen LogP contribution >= 0.6 is 0 Å². The van der Waals surface area contributed by atoms with Crippen molar-refractivity contribution in [3.8, 4) is 0 Å². The van der Waals surface area contributed by atoms with Crippen LogP contribution in [0.1, 0.15) is 19.8 Å². The van der Waals surface area contributed by atoms with Gasteiger partial charge in [-0.3, -0.25) is 9.59 Å². The summed E-state index contributed by atoms with van der Waals surface area (Å²) < 4.78 is 0. The molecule has 1 aliphatic rings. The minimum absolute atomic E-state index is 0.312. The standard InChI is InChI=1S/C13H21N3O4/c1-3-6-15(7-4-2)13(20)16-8-5-14-12(19)10(16)9-11(17)18/h3,10H,1,4-9H2,2H3,(H,14,19)(H,17,18). The van der Waals surface area contributed by atoms with Crippen LogP contribution in [0.2, 0.25) is 0 Å². The molecule has 7 heteroatoms. The van der Waals surface area contributed by atoms with Crippen LogP contribution < -0.4 is 5.32 Å². The molecule has 0 bridgehead atoms. The zero-order valence-electron chi connectivity index (χ0n) is 11.7. The predicted molar refractivity (Wildman–Crippen MR) is 73.2 cm³/mol. The Bertz CT molecular complexity index is 397. The van der Waals surface area contributed by atoms with E-state index in [0.29, 0.717) is 26.2 Å².